The fraction of sp³-hybridized carbons (Fsp3) is 0.562. The molecule has 0 bridgehead atoms. The maximum atomic E-state index is 11.7. The van der Waals surface area contributed by atoms with Gasteiger partial charge < -0.3 is 14.9 Å². The first-order valence-corrected chi connectivity index (χ1v) is 7.31. The highest BCUT2D eigenvalue weighted by molar-refractivity contribution is 5.80. The molecule has 1 saturated heterocycles. The Bertz CT molecular complexity index is 446. The van der Waals surface area contributed by atoms with Crippen molar-refractivity contribution in [3.05, 3.63) is 29.8 Å². The van der Waals surface area contributed by atoms with E-state index in [0.29, 0.717) is 19.0 Å². The summed E-state index contributed by atoms with van der Waals surface area (Å²) in [6.07, 6.45) is -0.896. The Balaban J connectivity index is 1.95. The van der Waals surface area contributed by atoms with Gasteiger partial charge in [0.2, 0.25) is 0 Å². The van der Waals surface area contributed by atoms with Gasteiger partial charge in [-0.15, -0.1) is 0 Å². The lowest BCUT2D eigenvalue weighted by Crippen LogP contribution is -2.51. The summed E-state index contributed by atoms with van der Waals surface area (Å²) in [6, 6.07) is 8.66. The number of aliphatic hydroxyl groups excluding tert-OH is 1. The normalized spacial score (nSPS) is 17.4. The van der Waals surface area contributed by atoms with Crippen LogP contribution in [0.2, 0.25) is 0 Å². The largest absolute Gasteiger partial charge is 0.384 e. The zero-order chi connectivity index (χ0) is 14.7. The predicted octanol–water partition coefficient (Wildman–Crippen LogP) is 1.84. The van der Waals surface area contributed by atoms with Gasteiger partial charge in [0.05, 0.1) is 0 Å². The van der Waals surface area contributed by atoms with E-state index in [2.05, 4.69) is 43.0 Å². The molecule has 0 aliphatic carbocycles. The number of amides is 1. The molecule has 1 heterocycles. The molecule has 0 aromatic heterocycles. The average molecular weight is 276 g/mol. The number of hydrogen-bond donors (Lipinski definition) is 1. The third-order valence-corrected chi connectivity index (χ3v) is 3.87. The molecule has 20 heavy (non-hydrogen) atoms. The first-order chi connectivity index (χ1) is 9.49. The summed E-state index contributed by atoms with van der Waals surface area (Å²) in [4.78, 5) is 15.7. The monoisotopic (exact) mass is 276 g/mol. The number of carbonyl (C=O) groups excluding carboxylic acids is 1. The van der Waals surface area contributed by atoms with Crippen molar-refractivity contribution < 1.29 is 9.90 Å². The van der Waals surface area contributed by atoms with Crippen molar-refractivity contribution in [1.82, 2.24) is 4.90 Å². The van der Waals surface area contributed by atoms with Crippen molar-refractivity contribution in [3.8, 4) is 0 Å². The van der Waals surface area contributed by atoms with E-state index in [0.717, 1.165) is 13.1 Å². The second kappa shape index (κ2) is 6.27. The van der Waals surface area contributed by atoms with Gasteiger partial charge in [-0.1, -0.05) is 26.0 Å². The van der Waals surface area contributed by atoms with Gasteiger partial charge >= 0.3 is 0 Å². The zero-order valence-corrected chi connectivity index (χ0v) is 12.5. The molecular weight excluding hydrogens is 252 g/mol. The standard InChI is InChI=1S/C16H24N2O2/c1-12(2)14-4-6-15(7-5-14)17-8-10-18(11-9-17)16(20)13(3)19/h4-7,12-13,19H,8-11H2,1-3H3/t13-/m1/s1. The topological polar surface area (TPSA) is 43.8 Å². The number of hydrogen-bond acceptors (Lipinski definition) is 3. The van der Waals surface area contributed by atoms with Crippen LogP contribution in [-0.4, -0.2) is 48.2 Å². The number of nitrogens with zero attached hydrogens (tertiary/aromatic N) is 2. The second-order valence-electron chi connectivity index (χ2n) is 5.73. The van der Waals surface area contributed by atoms with E-state index in [-0.39, 0.29) is 5.91 Å². The first-order valence-electron chi connectivity index (χ1n) is 7.31. The SMILES string of the molecule is CC(C)c1ccc(N2CCN(C(=O)[C@@H](C)O)CC2)cc1. The van der Waals surface area contributed by atoms with E-state index in [4.69, 9.17) is 0 Å². The minimum absolute atomic E-state index is 0.167. The molecule has 1 fully saturated rings. The highest BCUT2D eigenvalue weighted by Gasteiger charge is 2.23. The van der Waals surface area contributed by atoms with E-state index >= 15 is 0 Å². The van der Waals surface area contributed by atoms with Gasteiger partial charge in [0, 0.05) is 31.9 Å². The van der Waals surface area contributed by atoms with Crippen LogP contribution >= 0.6 is 0 Å². The lowest BCUT2D eigenvalue weighted by Gasteiger charge is -2.36. The van der Waals surface area contributed by atoms with Gasteiger partial charge in [-0.05, 0) is 30.5 Å². The van der Waals surface area contributed by atoms with Crippen LogP contribution in [0, 0.1) is 0 Å². The summed E-state index contributed by atoms with van der Waals surface area (Å²) in [5, 5.41) is 9.33. The van der Waals surface area contributed by atoms with E-state index in [9.17, 15) is 9.90 Å². The Hall–Kier alpha value is -1.55. The van der Waals surface area contributed by atoms with E-state index in [1.54, 1.807) is 4.90 Å². The van der Waals surface area contributed by atoms with Gasteiger partial charge in [-0.3, -0.25) is 4.79 Å². The van der Waals surface area contributed by atoms with Crippen molar-refractivity contribution in [3.63, 3.8) is 0 Å². The van der Waals surface area contributed by atoms with E-state index in [1.165, 1.54) is 18.2 Å². The molecule has 1 N–H and O–H groups in total. The highest BCUT2D eigenvalue weighted by Crippen LogP contribution is 2.21. The number of piperazine rings is 1. The quantitative estimate of drug-likeness (QED) is 0.916. The zero-order valence-electron chi connectivity index (χ0n) is 12.5. The van der Waals surface area contributed by atoms with Crippen LogP contribution in [0.4, 0.5) is 5.69 Å². The number of carbonyl (C=O) groups is 1. The highest BCUT2D eigenvalue weighted by atomic mass is 16.3. The molecule has 0 unspecified atom stereocenters. The summed E-state index contributed by atoms with van der Waals surface area (Å²) < 4.78 is 0. The maximum absolute atomic E-state index is 11.7. The molecule has 1 aliphatic rings. The minimum Gasteiger partial charge on any atom is -0.384 e. The molecule has 1 amide bonds. The lowest BCUT2D eigenvalue weighted by molar-refractivity contribution is -0.139. The number of aliphatic hydroxyl groups is 1. The summed E-state index contributed by atoms with van der Waals surface area (Å²) in [6.45, 7) is 8.90. The van der Waals surface area contributed by atoms with Gasteiger partial charge in [0.1, 0.15) is 6.10 Å². The van der Waals surface area contributed by atoms with E-state index < -0.39 is 6.10 Å². The Morgan fingerprint density at radius 3 is 2.05 bits per heavy atom. The van der Waals surface area contributed by atoms with Gasteiger partial charge in [-0.25, -0.2) is 0 Å². The smallest absolute Gasteiger partial charge is 0.251 e. The molecule has 1 aromatic carbocycles. The lowest BCUT2D eigenvalue weighted by atomic mass is 10.0. The minimum atomic E-state index is -0.896. The molecule has 4 nitrogen and oxygen atoms in total. The molecule has 110 valence electrons. The van der Waals surface area contributed by atoms with Gasteiger partial charge in [0.25, 0.3) is 5.91 Å². The van der Waals surface area contributed by atoms with Crippen molar-refractivity contribution in [1.29, 1.82) is 0 Å². The number of anilines is 1. The first kappa shape index (κ1) is 14.9. The number of rotatable bonds is 3. The van der Waals surface area contributed by atoms with Crippen LogP contribution < -0.4 is 4.90 Å². The third kappa shape index (κ3) is 3.31. The Morgan fingerprint density at radius 1 is 1.05 bits per heavy atom. The Labute approximate surface area is 121 Å². The van der Waals surface area contributed by atoms with Crippen LogP contribution in [0.5, 0.6) is 0 Å². The maximum Gasteiger partial charge on any atom is 0.251 e. The van der Waals surface area contributed by atoms with Crippen molar-refractivity contribution in [2.75, 3.05) is 31.1 Å². The predicted molar refractivity (Wildman–Crippen MR) is 81.0 cm³/mol. The average Bonchev–Trinajstić information content (AvgIpc) is 2.46. The molecule has 1 aromatic rings. The van der Waals surface area contributed by atoms with Crippen LogP contribution in [0.25, 0.3) is 0 Å². The summed E-state index contributed by atoms with van der Waals surface area (Å²) in [5.41, 5.74) is 2.55. The Kier molecular flexibility index (Phi) is 4.65. The van der Waals surface area contributed by atoms with Gasteiger partial charge in [-0.2, -0.15) is 0 Å². The van der Waals surface area contributed by atoms with Crippen molar-refractivity contribution in [2.45, 2.75) is 32.8 Å². The fourth-order valence-electron chi connectivity index (χ4n) is 2.52. The van der Waals surface area contributed by atoms with Crippen LogP contribution in [0.15, 0.2) is 24.3 Å². The summed E-state index contributed by atoms with van der Waals surface area (Å²) in [7, 11) is 0. The van der Waals surface area contributed by atoms with Crippen molar-refractivity contribution >= 4 is 11.6 Å². The third-order valence-electron chi connectivity index (χ3n) is 3.87. The molecule has 1 atom stereocenters. The molecule has 0 spiro atoms. The van der Waals surface area contributed by atoms with Crippen LogP contribution in [0.1, 0.15) is 32.3 Å². The Morgan fingerprint density at radius 2 is 1.60 bits per heavy atom. The van der Waals surface area contributed by atoms with Crippen LogP contribution in [0.3, 0.4) is 0 Å². The molecule has 0 saturated carbocycles. The molecule has 2 rings (SSSR count). The molecule has 1 aliphatic heterocycles. The summed E-state index contributed by atoms with van der Waals surface area (Å²) >= 11 is 0. The van der Waals surface area contributed by atoms with E-state index in [1.807, 2.05) is 0 Å². The molecular formula is C16H24N2O2. The number of benzene rings is 1. The van der Waals surface area contributed by atoms with Gasteiger partial charge in [0.15, 0.2) is 0 Å². The fourth-order valence-corrected chi connectivity index (χ4v) is 2.52. The summed E-state index contributed by atoms with van der Waals surface area (Å²) in [5.74, 6) is 0.379. The molecule has 4 heteroatoms. The second-order valence-corrected chi connectivity index (χ2v) is 5.73. The van der Waals surface area contributed by atoms with Crippen LogP contribution in [-0.2, 0) is 4.79 Å². The van der Waals surface area contributed by atoms with Crippen molar-refractivity contribution in [2.24, 2.45) is 0 Å². The molecule has 0 radical (unpaired) electrons.